The highest BCUT2D eigenvalue weighted by Crippen LogP contribution is 2.41. The molecule has 3 N–H and O–H groups in total. The average molecular weight is 600 g/mol. The van der Waals surface area contributed by atoms with Gasteiger partial charge in [-0.05, 0) is 5.57 Å². The normalized spacial score (nSPS) is 18.8. The summed E-state index contributed by atoms with van der Waals surface area (Å²) in [7, 11) is 0. The highest BCUT2D eigenvalue weighted by atomic mass is 32.2. The number of carboxylic acids is 1. The quantitative estimate of drug-likeness (QED) is 0.0654. The summed E-state index contributed by atoms with van der Waals surface area (Å²) < 4.78 is 5.18. The topological polar surface area (TPSA) is 202 Å². The number of thioether (sulfide) groups is 2. The molecule has 2 aromatic rings. The van der Waals surface area contributed by atoms with Crippen LogP contribution < -0.4 is 10.6 Å². The number of hydrogen-bond acceptors (Lipinski definition) is 15. The minimum absolute atomic E-state index is 0.0650. The molecule has 0 aromatic carbocycles. The number of carboxylic acid groups (broad SMARTS) is 1. The molecule has 2 atom stereocenters. The molecular weight excluding hydrogens is 583 g/mol. The molecule has 0 spiro atoms. The molecule has 1 fully saturated rings. The number of aliphatic carboxylic acids is 1. The molecule has 15 nitrogen and oxygen atoms in total. The molecule has 2 aromatic heterocycles. The van der Waals surface area contributed by atoms with Gasteiger partial charge in [0.05, 0.1) is 0 Å². The second-order valence-electron chi connectivity index (χ2n) is 7.15. The predicted molar refractivity (Wildman–Crippen MR) is 137 cm³/mol. The number of aromatic nitrogens is 3. The number of β-lactam (4-membered cyclic amide) rings is 1. The van der Waals surface area contributed by atoms with Gasteiger partial charge in [-0.2, -0.15) is 0 Å². The van der Waals surface area contributed by atoms with Crippen molar-refractivity contribution in [3.8, 4) is 0 Å². The zero-order valence-electron chi connectivity index (χ0n) is 19.0. The Bertz CT molecular complexity index is 1280. The lowest BCUT2D eigenvalue weighted by molar-refractivity contribution is -0.150. The third-order valence-electron chi connectivity index (χ3n) is 4.91. The first kappa shape index (κ1) is 27.5. The summed E-state index contributed by atoms with van der Waals surface area (Å²) >= 11 is 5.00. The van der Waals surface area contributed by atoms with E-state index in [9.17, 15) is 29.1 Å². The monoisotopic (exact) mass is 599 g/mol. The number of oxime groups is 1. The molecule has 0 aliphatic carbocycles. The van der Waals surface area contributed by atoms with Crippen LogP contribution in [0.3, 0.4) is 0 Å². The molecule has 2 aliphatic rings. The summed E-state index contributed by atoms with van der Waals surface area (Å²) in [5.74, 6) is -1.98. The summed E-state index contributed by atoms with van der Waals surface area (Å²) in [6.45, 7) is -0.0392. The van der Waals surface area contributed by atoms with Crippen LogP contribution in [0.15, 0.2) is 31.7 Å². The van der Waals surface area contributed by atoms with Crippen LogP contribution in [-0.4, -0.2) is 97.7 Å². The molecular formula is C19H17N7O8S4. The summed E-state index contributed by atoms with van der Waals surface area (Å²) in [4.78, 5) is 69.4. The fourth-order valence-electron chi connectivity index (χ4n) is 3.33. The van der Waals surface area contributed by atoms with Gasteiger partial charge in [0.1, 0.15) is 34.9 Å². The molecule has 0 bridgehead atoms. The molecule has 0 radical (unpaired) electrons. The number of fused-ring (bicyclic) bond motifs is 1. The number of anilines is 1. The van der Waals surface area contributed by atoms with E-state index < -0.39 is 29.2 Å². The van der Waals surface area contributed by atoms with E-state index in [0.717, 1.165) is 16.2 Å². The Kier molecular flexibility index (Phi) is 9.26. The SMILES string of the molecule is O=CNc1nc(/C(=N/OCCOC=O)C(=O)NC2C(=O)N3C(C(=O)O)=C(CSc4nncs4)CS[C@H]23)cs1. The third-order valence-corrected chi connectivity index (χ3v) is 8.97. The molecule has 1 unspecified atom stereocenters. The van der Waals surface area contributed by atoms with E-state index in [1.54, 1.807) is 5.51 Å². The van der Waals surface area contributed by atoms with Crippen LogP contribution in [0.1, 0.15) is 5.69 Å². The molecule has 2 aliphatic heterocycles. The summed E-state index contributed by atoms with van der Waals surface area (Å²) in [6, 6.07) is -1.02. The lowest BCUT2D eigenvalue weighted by Gasteiger charge is -2.49. The largest absolute Gasteiger partial charge is 0.477 e. The minimum Gasteiger partial charge on any atom is -0.477 e. The predicted octanol–water partition coefficient (Wildman–Crippen LogP) is -0.0125. The van der Waals surface area contributed by atoms with Gasteiger partial charge in [0, 0.05) is 16.9 Å². The minimum atomic E-state index is -1.24. The molecule has 4 heterocycles. The Morgan fingerprint density at radius 2 is 2.16 bits per heavy atom. The third kappa shape index (κ3) is 6.11. The first-order valence-corrected chi connectivity index (χ1v) is 14.2. The standard InChI is InChI=1S/C19H17N7O8S4/c27-6-20-18-22-10(5-36-18)11(25-34-2-1-33-8-28)14(29)23-12-15(30)26-13(17(31)32)9(3-35-16(12)26)4-37-19-24-21-7-38-19/h5-8,12,16H,1-4H2,(H,23,29)(H,31,32)(H,20,22,27)/b25-11-/t12?,16-/m1/s1. The maximum absolute atomic E-state index is 13.1. The van der Waals surface area contributed by atoms with Crippen LogP contribution >= 0.6 is 46.2 Å². The molecule has 200 valence electrons. The molecule has 19 heteroatoms. The number of nitrogens with one attached hydrogen (secondary N) is 2. The van der Waals surface area contributed by atoms with E-state index in [2.05, 4.69) is 35.7 Å². The van der Waals surface area contributed by atoms with E-state index in [-0.39, 0.29) is 41.9 Å². The van der Waals surface area contributed by atoms with Crippen LogP contribution in [0.25, 0.3) is 0 Å². The maximum atomic E-state index is 13.1. The van der Waals surface area contributed by atoms with Crippen molar-refractivity contribution < 1.29 is 38.7 Å². The number of hydrogen-bond donors (Lipinski definition) is 3. The van der Waals surface area contributed by atoms with E-state index in [1.165, 1.54) is 40.2 Å². The first-order valence-electron chi connectivity index (χ1n) is 10.5. The van der Waals surface area contributed by atoms with Crippen molar-refractivity contribution >= 4 is 87.7 Å². The van der Waals surface area contributed by atoms with Crippen LogP contribution in [0.4, 0.5) is 5.13 Å². The van der Waals surface area contributed by atoms with Gasteiger partial charge in [0.2, 0.25) is 6.41 Å². The van der Waals surface area contributed by atoms with Crippen LogP contribution in [0.2, 0.25) is 0 Å². The fraction of sp³-hybridized carbons (Fsp3) is 0.316. The first-order chi connectivity index (χ1) is 18.4. The van der Waals surface area contributed by atoms with E-state index in [1.807, 2.05) is 0 Å². The molecule has 4 rings (SSSR count). The van der Waals surface area contributed by atoms with Gasteiger partial charge < -0.3 is 25.3 Å². The van der Waals surface area contributed by atoms with Crippen LogP contribution in [0, 0.1) is 0 Å². The molecule has 1 saturated heterocycles. The van der Waals surface area contributed by atoms with E-state index in [4.69, 9.17) is 4.84 Å². The van der Waals surface area contributed by atoms with Crippen LogP contribution in [0.5, 0.6) is 0 Å². The van der Waals surface area contributed by atoms with Gasteiger partial charge in [0.25, 0.3) is 18.3 Å². The number of amides is 3. The van der Waals surface area contributed by atoms with Crippen molar-refractivity contribution in [2.24, 2.45) is 5.16 Å². The maximum Gasteiger partial charge on any atom is 0.352 e. The van der Waals surface area contributed by atoms with Gasteiger partial charge in [-0.25, -0.2) is 9.78 Å². The number of thiazole rings is 1. The Morgan fingerprint density at radius 3 is 2.87 bits per heavy atom. The average Bonchev–Trinajstić information content (AvgIpc) is 3.60. The van der Waals surface area contributed by atoms with Crippen molar-refractivity contribution in [2.45, 2.75) is 15.8 Å². The van der Waals surface area contributed by atoms with Gasteiger partial charge in [-0.3, -0.25) is 24.1 Å². The number of nitrogens with zero attached hydrogens (tertiary/aromatic N) is 5. The Morgan fingerprint density at radius 1 is 1.32 bits per heavy atom. The van der Waals surface area contributed by atoms with E-state index in [0.29, 0.717) is 27.8 Å². The highest BCUT2D eigenvalue weighted by molar-refractivity contribution is 8.01. The van der Waals surface area contributed by atoms with Gasteiger partial charge in [0.15, 0.2) is 21.8 Å². The summed E-state index contributed by atoms with van der Waals surface area (Å²) in [5, 5.41) is 27.2. The van der Waals surface area contributed by atoms with Crippen molar-refractivity contribution in [3.63, 3.8) is 0 Å². The lowest BCUT2D eigenvalue weighted by Crippen LogP contribution is -2.71. The van der Waals surface area contributed by atoms with Crippen molar-refractivity contribution in [1.82, 2.24) is 25.4 Å². The van der Waals surface area contributed by atoms with Gasteiger partial charge in [-0.15, -0.1) is 33.3 Å². The summed E-state index contributed by atoms with van der Waals surface area (Å²) in [5.41, 5.74) is 1.79. The Labute approximate surface area is 230 Å². The molecule has 3 amide bonds. The smallest absolute Gasteiger partial charge is 0.352 e. The highest BCUT2D eigenvalue weighted by Gasteiger charge is 2.54. The van der Waals surface area contributed by atoms with Gasteiger partial charge >= 0.3 is 5.97 Å². The van der Waals surface area contributed by atoms with Crippen molar-refractivity contribution in [2.75, 3.05) is 30.0 Å². The number of carbonyl (C=O) groups excluding carboxylic acids is 4. The molecule has 38 heavy (non-hydrogen) atoms. The zero-order valence-corrected chi connectivity index (χ0v) is 22.2. The Balaban J connectivity index is 1.48. The second kappa shape index (κ2) is 12.8. The van der Waals surface area contributed by atoms with Gasteiger partial charge in [-0.1, -0.05) is 28.3 Å². The summed E-state index contributed by atoms with van der Waals surface area (Å²) in [6.07, 6.45) is 0.419. The zero-order chi connectivity index (χ0) is 27.1. The number of carbonyl (C=O) groups is 5. The van der Waals surface area contributed by atoms with Crippen molar-refractivity contribution in [3.05, 3.63) is 27.9 Å². The van der Waals surface area contributed by atoms with Crippen LogP contribution in [-0.2, 0) is 33.5 Å². The number of rotatable bonds is 14. The Hall–Kier alpha value is -3.55. The van der Waals surface area contributed by atoms with E-state index >= 15 is 0 Å². The number of ether oxygens (including phenoxy) is 1. The fourth-order valence-corrected chi connectivity index (χ4v) is 6.95. The second-order valence-corrected chi connectivity index (χ2v) is 11.2. The van der Waals surface area contributed by atoms with Crippen molar-refractivity contribution in [1.29, 1.82) is 0 Å². The molecule has 0 saturated carbocycles. The lowest BCUT2D eigenvalue weighted by atomic mass is 10.0.